The molecular weight excluding hydrogens is 216 g/mol. The maximum Gasteiger partial charge on any atom is 0.343 e. The van der Waals surface area contributed by atoms with Gasteiger partial charge >= 0.3 is 5.63 Å². The molecule has 4 heteroatoms. The number of hydrogen-bond donors (Lipinski definition) is 0. The van der Waals surface area contributed by atoms with Gasteiger partial charge in [-0.25, -0.2) is 4.79 Å². The standard InChI is InChI=1S/C13H6N2O2/c14-7-9(8-15)5-11-6-10-3-1-2-4-12(10)17-13(11)16/h1-6H. The Morgan fingerprint density at radius 1 is 1.24 bits per heavy atom. The van der Waals surface area contributed by atoms with Crippen molar-refractivity contribution in [1.82, 2.24) is 0 Å². The van der Waals surface area contributed by atoms with Crippen molar-refractivity contribution in [3.8, 4) is 12.1 Å². The Hall–Kier alpha value is -2.85. The number of hydrogen-bond acceptors (Lipinski definition) is 4. The zero-order valence-corrected chi connectivity index (χ0v) is 8.68. The minimum absolute atomic E-state index is 0.132. The molecule has 1 aromatic heterocycles. The van der Waals surface area contributed by atoms with Gasteiger partial charge in [0, 0.05) is 5.39 Å². The molecule has 0 saturated carbocycles. The average Bonchev–Trinajstić information content (AvgIpc) is 2.36. The van der Waals surface area contributed by atoms with Gasteiger partial charge in [0.05, 0.1) is 5.56 Å². The zero-order chi connectivity index (χ0) is 12.3. The number of nitrogens with zero attached hydrogens (tertiary/aromatic N) is 2. The lowest BCUT2D eigenvalue weighted by molar-refractivity contribution is 0.559. The van der Waals surface area contributed by atoms with E-state index in [1.807, 2.05) is 6.07 Å². The van der Waals surface area contributed by atoms with Crippen LogP contribution < -0.4 is 5.63 Å². The highest BCUT2D eigenvalue weighted by Gasteiger charge is 2.03. The molecule has 2 aromatic rings. The third kappa shape index (κ3) is 2.06. The number of rotatable bonds is 1. The molecule has 2 rings (SSSR count). The molecule has 0 aliphatic carbocycles. The van der Waals surface area contributed by atoms with E-state index in [1.54, 1.807) is 36.4 Å². The number of allylic oxidation sites excluding steroid dienone is 1. The van der Waals surface area contributed by atoms with Crippen LogP contribution in [0.5, 0.6) is 0 Å². The van der Waals surface area contributed by atoms with Crippen molar-refractivity contribution in [3.05, 3.63) is 51.9 Å². The predicted octanol–water partition coefficient (Wildman–Crippen LogP) is 2.22. The Morgan fingerprint density at radius 2 is 1.94 bits per heavy atom. The summed E-state index contributed by atoms with van der Waals surface area (Å²) in [5, 5.41) is 18.0. The van der Waals surface area contributed by atoms with Crippen LogP contribution >= 0.6 is 0 Å². The molecule has 0 bridgehead atoms. The van der Waals surface area contributed by atoms with E-state index >= 15 is 0 Å². The first-order valence-corrected chi connectivity index (χ1v) is 4.79. The van der Waals surface area contributed by atoms with E-state index in [-0.39, 0.29) is 11.1 Å². The van der Waals surface area contributed by atoms with Crippen LogP contribution in [0, 0.1) is 22.7 Å². The van der Waals surface area contributed by atoms with Gasteiger partial charge in [0.2, 0.25) is 0 Å². The number of benzene rings is 1. The highest BCUT2D eigenvalue weighted by Crippen LogP contribution is 2.13. The van der Waals surface area contributed by atoms with Crippen LogP contribution in [0.3, 0.4) is 0 Å². The normalized spacial score (nSPS) is 9.29. The summed E-state index contributed by atoms with van der Waals surface area (Å²) in [5.74, 6) is 0. The first-order valence-electron chi connectivity index (χ1n) is 4.79. The molecule has 0 spiro atoms. The van der Waals surface area contributed by atoms with Crippen molar-refractivity contribution in [2.24, 2.45) is 0 Å². The molecule has 0 saturated heterocycles. The highest BCUT2D eigenvalue weighted by atomic mass is 16.4. The number of para-hydroxylation sites is 1. The fourth-order valence-corrected chi connectivity index (χ4v) is 1.42. The van der Waals surface area contributed by atoms with E-state index in [4.69, 9.17) is 14.9 Å². The first kappa shape index (κ1) is 10.7. The third-order valence-electron chi connectivity index (χ3n) is 2.21. The molecule has 1 aromatic carbocycles. The predicted molar refractivity (Wildman–Crippen MR) is 61.7 cm³/mol. The van der Waals surface area contributed by atoms with Crippen LogP contribution in [0.1, 0.15) is 5.56 Å². The molecular formula is C13H6N2O2. The van der Waals surface area contributed by atoms with Crippen LogP contribution in [0.2, 0.25) is 0 Å². The van der Waals surface area contributed by atoms with E-state index < -0.39 is 5.63 Å². The Labute approximate surface area is 96.6 Å². The van der Waals surface area contributed by atoms with Crippen molar-refractivity contribution >= 4 is 17.0 Å². The molecule has 1 heterocycles. The minimum Gasteiger partial charge on any atom is -0.422 e. The van der Waals surface area contributed by atoms with Gasteiger partial charge in [-0.15, -0.1) is 0 Å². The molecule has 0 aliphatic heterocycles. The van der Waals surface area contributed by atoms with Crippen molar-refractivity contribution in [1.29, 1.82) is 10.5 Å². The van der Waals surface area contributed by atoms with Crippen LogP contribution in [0.15, 0.2) is 45.1 Å². The molecule has 80 valence electrons. The highest BCUT2D eigenvalue weighted by molar-refractivity contribution is 5.79. The van der Waals surface area contributed by atoms with Gasteiger partial charge in [-0.2, -0.15) is 10.5 Å². The van der Waals surface area contributed by atoms with E-state index in [0.29, 0.717) is 5.58 Å². The molecule has 0 N–H and O–H groups in total. The molecule has 17 heavy (non-hydrogen) atoms. The minimum atomic E-state index is -0.563. The lowest BCUT2D eigenvalue weighted by Gasteiger charge is -1.97. The Bertz CT molecular complexity index is 726. The molecule has 4 nitrogen and oxygen atoms in total. The summed E-state index contributed by atoms with van der Waals surface area (Å²) in [5.41, 5.74) is -0.0220. The lowest BCUT2D eigenvalue weighted by atomic mass is 10.1. The second-order valence-corrected chi connectivity index (χ2v) is 3.31. The van der Waals surface area contributed by atoms with Crippen LogP contribution in [0.4, 0.5) is 0 Å². The zero-order valence-electron chi connectivity index (χ0n) is 8.68. The maximum atomic E-state index is 11.6. The first-order chi connectivity index (χ1) is 8.24. The summed E-state index contributed by atoms with van der Waals surface area (Å²) in [6, 6.07) is 12.0. The third-order valence-corrected chi connectivity index (χ3v) is 2.21. The Balaban J connectivity index is 2.69. The molecule has 0 atom stereocenters. The van der Waals surface area contributed by atoms with Gasteiger partial charge in [0.15, 0.2) is 0 Å². The summed E-state index contributed by atoms with van der Waals surface area (Å²) in [7, 11) is 0. The van der Waals surface area contributed by atoms with E-state index in [0.717, 1.165) is 5.39 Å². The topological polar surface area (TPSA) is 77.8 Å². The summed E-state index contributed by atoms with van der Waals surface area (Å²) in [6.07, 6.45) is 1.22. The van der Waals surface area contributed by atoms with Crippen LogP contribution in [0.25, 0.3) is 17.0 Å². The smallest absolute Gasteiger partial charge is 0.343 e. The summed E-state index contributed by atoms with van der Waals surface area (Å²) >= 11 is 0. The van der Waals surface area contributed by atoms with E-state index in [2.05, 4.69) is 0 Å². The molecule has 0 radical (unpaired) electrons. The molecule has 0 amide bonds. The summed E-state index contributed by atoms with van der Waals surface area (Å²) in [6.45, 7) is 0. The van der Waals surface area contributed by atoms with Crippen molar-refractivity contribution in [3.63, 3.8) is 0 Å². The van der Waals surface area contributed by atoms with Crippen LogP contribution in [-0.2, 0) is 0 Å². The van der Waals surface area contributed by atoms with Crippen molar-refractivity contribution in [2.75, 3.05) is 0 Å². The van der Waals surface area contributed by atoms with Gasteiger partial charge in [-0.05, 0) is 18.2 Å². The maximum absolute atomic E-state index is 11.6. The second kappa shape index (κ2) is 4.34. The largest absolute Gasteiger partial charge is 0.422 e. The second-order valence-electron chi connectivity index (χ2n) is 3.31. The molecule has 0 fully saturated rings. The van der Waals surface area contributed by atoms with Crippen molar-refractivity contribution in [2.45, 2.75) is 0 Å². The Morgan fingerprint density at radius 3 is 2.65 bits per heavy atom. The van der Waals surface area contributed by atoms with Gasteiger partial charge in [-0.3, -0.25) is 0 Å². The molecule has 0 unspecified atom stereocenters. The van der Waals surface area contributed by atoms with E-state index in [9.17, 15) is 4.79 Å². The lowest BCUT2D eigenvalue weighted by Crippen LogP contribution is -2.02. The fraction of sp³-hybridized carbons (Fsp3) is 0. The summed E-state index contributed by atoms with van der Waals surface area (Å²) < 4.78 is 5.06. The Kier molecular flexibility index (Phi) is 2.72. The number of fused-ring (bicyclic) bond motifs is 1. The monoisotopic (exact) mass is 222 g/mol. The van der Waals surface area contributed by atoms with Crippen LogP contribution in [-0.4, -0.2) is 0 Å². The fourth-order valence-electron chi connectivity index (χ4n) is 1.42. The van der Waals surface area contributed by atoms with Crippen molar-refractivity contribution < 1.29 is 4.42 Å². The number of nitriles is 2. The van der Waals surface area contributed by atoms with Gasteiger partial charge in [0.25, 0.3) is 0 Å². The quantitative estimate of drug-likeness (QED) is 0.547. The van der Waals surface area contributed by atoms with Gasteiger partial charge < -0.3 is 4.42 Å². The SMILES string of the molecule is N#CC(C#N)=Cc1cc2ccccc2oc1=O. The van der Waals surface area contributed by atoms with Gasteiger partial charge in [-0.1, -0.05) is 18.2 Å². The summed E-state index contributed by atoms with van der Waals surface area (Å²) in [4.78, 5) is 11.6. The molecule has 0 aliphatic rings. The van der Waals surface area contributed by atoms with E-state index in [1.165, 1.54) is 6.08 Å². The average molecular weight is 222 g/mol. The van der Waals surface area contributed by atoms with Gasteiger partial charge in [0.1, 0.15) is 23.3 Å².